The summed E-state index contributed by atoms with van der Waals surface area (Å²) in [6.45, 7) is 3.50. The summed E-state index contributed by atoms with van der Waals surface area (Å²) in [7, 11) is 1.66. The van der Waals surface area contributed by atoms with Gasteiger partial charge in [0.2, 0.25) is 5.91 Å². The smallest absolute Gasteiger partial charge is 0.261 e. The molecule has 0 spiro atoms. The lowest BCUT2D eigenvalue weighted by Crippen LogP contribution is -2.25. The van der Waals surface area contributed by atoms with Crippen LogP contribution in [-0.4, -0.2) is 25.9 Å². The second kappa shape index (κ2) is 7.12. The fourth-order valence-electron chi connectivity index (χ4n) is 2.91. The third kappa shape index (κ3) is 3.38. The molecule has 0 saturated heterocycles. The molecular formula is C20H18N4O3S. The van der Waals surface area contributed by atoms with Gasteiger partial charge in [-0.05, 0) is 36.8 Å². The minimum absolute atomic E-state index is 0.141. The van der Waals surface area contributed by atoms with Gasteiger partial charge in [-0.25, -0.2) is 4.98 Å². The maximum atomic E-state index is 12.8. The number of nitrogens with zero attached hydrogens (tertiary/aromatic N) is 3. The third-order valence-corrected chi connectivity index (χ3v) is 5.58. The molecule has 1 N–H and O–H groups in total. The normalized spacial score (nSPS) is 12.4. The number of amides is 1. The number of aryl methyl sites for hydroxylation is 1. The van der Waals surface area contributed by atoms with Crippen LogP contribution in [0.1, 0.15) is 12.7 Å². The van der Waals surface area contributed by atoms with Crippen LogP contribution in [0.3, 0.4) is 0 Å². The summed E-state index contributed by atoms with van der Waals surface area (Å²) in [4.78, 5) is 29.9. The summed E-state index contributed by atoms with van der Waals surface area (Å²) in [5.74, 6) is 0.731. The summed E-state index contributed by atoms with van der Waals surface area (Å²) in [5.41, 5.74) is 0.474. The van der Waals surface area contributed by atoms with Gasteiger partial charge >= 0.3 is 0 Å². The molecule has 4 rings (SSSR count). The van der Waals surface area contributed by atoms with Gasteiger partial charge in [0.15, 0.2) is 11.0 Å². The molecule has 0 unspecified atom stereocenters. The van der Waals surface area contributed by atoms with E-state index in [-0.39, 0.29) is 11.5 Å². The van der Waals surface area contributed by atoms with E-state index in [1.807, 2.05) is 36.4 Å². The van der Waals surface area contributed by atoms with E-state index in [0.717, 1.165) is 10.8 Å². The molecule has 0 aliphatic heterocycles. The largest absolute Gasteiger partial charge is 0.360 e. The zero-order valence-corrected chi connectivity index (χ0v) is 16.4. The summed E-state index contributed by atoms with van der Waals surface area (Å²) in [5, 5.41) is 9.02. The number of benzene rings is 2. The first-order valence-electron chi connectivity index (χ1n) is 8.73. The lowest BCUT2D eigenvalue weighted by Gasteiger charge is -2.13. The highest BCUT2D eigenvalue weighted by Crippen LogP contribution is 2.25. The van der Waals surface area contributed by atoms with Gasteiger partial charge in [0.1, 0.15) is 5.76 Å². The zero-order valence-electron chi connectivity index (χ0n) is 15.6. The highest BCUT2D eigenvalue weighted by Gasteiger charge is 2.19. The van der Waals surface area contributed by atoms with Crippen molar-refractivity contribution in [3.63, 3.8) is 0 Å². The number of carbonyl (C=O) groups excluding carboxylic acids is 1. The van der Waals surface area contributed by atoms with Gasteiger partial charge in [0.25, 0.3) is 5.56 Å². The zero-order chi connectivity index (χ0) is 19.8. The van der Waals surface area contributed by atoms with Crippen molar-refractivity contribution >= 4 is 45.2 Å². The maximum Gasteiger partial charge on any atom is 0.261 e. The van der Waals surface area contributed by atoms with E-state index >= 15 is 0 Å². The van der Waals surface area contributed by atoms with Crippen LogP contribution in [0, 0.1) is 6.92 Å². The van der Waals surface area contributed by atoms with Crippen LogP contribution in [-0.2, 0) is 11.8 Å². The van der Waals surface area contributed by atoms with Crippen LogP contribution >= 0.6 is 11.8 Å². The number of fused-ring (bicyclic) bond motifs is 2. The molecule has 7 nitrogen and oxygen atoms in total. The van der Waals surface area contributed by atoms with Crippen LogP contribution in [0.4, 0.5) is 5.82 Å². The van der Waals surface area contributed by atoms with E-state index in [1.54, 1.807) is 27.0 Å². The average Bonchev–Trinajstić information content (AvgIpc) is 3.09. The lowest BCUT2D eigenvalue weighted by molar-refractivity contribution is -0.115. The number of nitrogens with one attached hydrogen (secondary N) is 1. The Morgan fingerprint density at radius 3 is 2.61 bits per heavy atom. The molecular weight excluding hydrogens is 376 g/mol. The Labute approximate surface area is 164 Å². The van der Waals surface area contributed by atoms with Crippen molar-refractivity contribution in [1.82, 2.24) is 14.7 Å². The quantitative estimate of drug-likeness (QED) is 0.324. The van der Waals surface area contributed by atoms with Gasteiger partial charge in [-0.3, -0.25) is 14.2 Å². The Kier molecular flexibility index (Phi) is 4.64. The molecule has 0 aliphatic rings. The summed E-state index contributed by atoms with van der Waals surface area (Å²) < 4.78 is 6.43. The van der Waals surface area contributed by atoms with E-state index in [2.05, 4.69) is 15.5 Å². The molecule has 1 amide bonds. The van der Waals surface area contributed by atoms with Crippen molar-refractivity contribution in [2.75, 3.05) is 5.32 Å². The predicted molar refractivity (Wildman–Crippen MR) is 110 cm³/mol. The first-order valence-corrected chi connectivity index (χ1v) is 9.61. The third-order valence-electron chi connectivity index (χ3n) is 4.43. The van der Waals surface area contributed by atoms with Gasteiger partial charge in [0, 0.05) is 13.1 Å². The minimum Gasteiger partial charge on any atom is -0.360 e. The van der Waals surface area contributed by atoms with Gasteiger partial charge in [-0.15, -0.1) is 0 Å². The van der Waals surface area contributed by atoms with Crippen molar-refractivity contribution in [2.24, 2.45) is 7.05 Å². The molecule has 1 atom stereocenters. The highest BCUT2D eigenvalue weighted by atomic mass is 32.2. The Morgan fingerprint density at radius 2 is 1.93 bits per heavy atom. The fraction of sp³-hybridized carbons (Fsp3) is 0.200. The van der Waals surface area contributed by atoms with Gasteiger partial charge in [-0.2, -0.15) is 0 Å². The number of hydrogen-bond acceptors (Lipinski definition) is 6. The van der Waals surface area contributed by atoms with Crippen molar-refractivity contribution in [3.8, 4) is 0 Å². The number of carbonyl (C=O) groups is 1. The Hall–Kier alpha value is -3.13. The summed E-state index contributed by atoms with van der Waals surface area (Å²) in [6.07, 6.45) is 0. The van der Waals surface area contributed by atoms with Crippen molar-refractivity contribution in [1.29, 1.82) is 0 Å². The van der Waals surface area contributed by atoms with E-state index in [0.29, 0.717) is 27.6 Å². The number of aromatic nitrogens is 3. The Morgan fingerprint density at radius 1 is 1.21 bits per heavy atom. The number of anilines is 1. The Bertz CT molecular complexity index is 1260. The van der Waals surface area contributed by atoms with Crippen molar-refractivity contribution < 1.29 is 9.32 Å². The van der Waals surface area contributed by atoms with Crippen molar-refractivity contribution in [2.45, 2.75) is 24.3 Å². The number of thioether (sulfide) groups is 1. The van der Waals surface area contributed by atoms with Crippen LogP contribution < -0.4 is 10.9 Å². The summed E-state index contributed by atoms with van der Waals surface area (Å²) in [6, 6.07) is 13.2. The van der Waals surface area contributed by atoms with Gasteiger partial charge in [0.05, 0.1) is 16.2 Å². The molecule has 4 aromatic rings. The molecule has 2 heterocycles. The highest BCUT2D eigenvalue weighted by molar-refractivity contribution is 8.00. The van der Waals surface area contributed by atoms with Crippen LogP contribution in [0.5, 0.6) is 0 Å². The molecule has 0 saturated carbocycles. The van der Waals surface area contributed by atoms with Crippen LogP contribution in [0.15, 0.2) is 56.9 Å². The molecule has 2 aromatic heterocycles. The van der Waals surface area contributed by atoms with Gasteiger partial charge < -0.3 is 9.84 Å². The molecule has 8 heteroatoms. The molecule has 28 heavy (non-hydrogen) atoms. The lowest BCUT2D eigenvalue weighted by atomic mass is 10.1. The second-order valence-corrected chi connectivity index (χ2v) is 7.86. The minimum atomic E-state index is -0.479. The molecule has 142 valence electrons. The Balaban J connectivity index is 1.66. The first-order chi connectivity index (χ1) is 13.4. The standard InChI is InChI=1S/C20H18N4O3S/c1-11-8-17(23-27-11)22-18(25)12(2)28-20-21-16-10-14-7-5-4-6-13(14)9-15(16)19(26)24(20)3/h4-10,12H,1-3H3,(H,22,23,25)/t12-/m0/s1. The maximum absolute atomic E-state index is 12.8. The monoisotopic (exact) mass is 394 g/mol. The summed E-state index contributed by atoms with van der Waals surface area (Å²) >= 11 is 1.22. The molecule has 0 bridgehead atoms. The van der Waals surface area contributed by atoms with Crippen molar-refractivity contribution in [3.05, 3.63) is 58.6 Å². The number of rotatable bonds is 4. The SMILES string of the molecule is Cc1cc(NC(=O)[C@H](C)Sc2nc3cc4ccccc4cc3c(=O)n2C)no1. The fourth-order valence-corrected chi connectivity index (χ4v) is 3.78. The average molecular weight is 394 g/mol. The molecule has 0 fully saturated rings. The van der Waals surface area contributed by atoms with E-state index in [1.165, 1.54) is 16.3 Å². The van der Waals surface area contributed by atoms with Crippen LogP contribution in [0.2, 0.25) is 0 Å². The van der Waals surface area contributed by atoms with E-state index < -0.39 is 5.25 Å². The number of hydrogen-bond donors (Lipinski definition) is 1. The van der Waals surface area contributed by atoms with Gasteiger partial charge in [-0.1, -0.05) is 41.2 Å². The van der Waals surface area contributed by atoms with E-state index in [4.69, 9.17) is 4.52 Å². The predicted octanol–water partition coefficient (Wildman–Crippen LogP) is 3.50. The topological polar surface area (TPSA) is 90.0 Å². The molecule has 0 aliphatic carbocycles. The first kappa shape index (κ1) is 18.2. The second-order valence-electron chi connectivity index (χ2n) is 6.55. The van der Waals surface area contributed by atoms with Crippen LogP contribution in [0.25, 0.3) is 21.7 Å². The molecule has 2 aromatic carbocycles. The molecule has 0 radical (unpaired) electrons. The van der Waals surface area contributed by atoms with E-state index in [9.17, 15) is 9.59 Å².